The second-order valence-electron chi connectivity index (χ2n) is 6.83. The van der Waals surface area contributed by atoms with Crippen molar-refractivity contribution in [3.05, 3.63) is 64.6 Å². The van der Waals surface area contributed by atoms with Gasteiger partial charge >= 0.3 is 5.76 Å². The summed E-state index contributed by atoms with van der Waals surface area (Å²) in [6.07, 6.45) is 1.68. The summed E-state index contributed by atoms with van der Waals surface area (Å²) in [6.45, 7) is 1.42. The van der Waals surface area contributed by atoms with Crippen LogP contribution in [-0.4, -0.2) is 22.9 Å². The lowest BCUT2D eigenvalue weighted by Gasteiger charge is -2.16. The van der Waals surface area contributed by atoms with Crippen LogP contribution in [0.2, 0.25) is 0 Å². The first-order valence-corrected chi connectivity index (χ1v) is 9.36. The third-order valence-corrected chi connectivity index (χ3v) is 4.95. The largest absolute Gasteiger partial charge is 0.419 e. The molecule has 0 aliphatic carbocycles. The van der Waals surface area contributed by atoms with Gasteiger partial charge in [-0.1, -0.05) is 24.3 Å². The first-order valence-electron chi connectivity index (χ1n) is 9.36. The molecule has 2 heterocycles. The van der Waals surface area contributed by atoms with Gasteiger partial charge in [0.15, 0.2) is 5.58 Å². The number of amides is 2. The molecule has 28 heavy (non-hydrogen) atoms. The lowest BCUT2D eigenvalue weighted by molar-refractivity contribution is -0.121. The molecule has 7 nitrogen and oxygen atoms in total. The second kappa shape index (κ2) is 7.72. The lowest BCUT2D eigenvalue weighted by atomic mass is 10.2. The Labute approximate surface area is 161 Å². The van der Waals surface area contributed by atoms with Gasteiger partial charge in [0.05, 0.1) is 5.52 Å². The number of anilines is 1. The number of aromatic nitrogens is 1. The molecule has 7 heteroatoms. The predicted octanol–water partition coefficient (Wildman–Crippen LogP) is 2.43. The predicted molar refractivity (Wildman–Crippen MR) is 105 cm³/mol. The molecule has 2 aromatic carbocycles. The van der Waals surface area contributed by atoms with E-state index in [1.807, 2.05) is 30.3 Å². The number of aryl methyl sites for hydroxylation is 1. The van der Waals surface area contributed by atoms with Crippen LogP contribution in [0.25, 0.3) is 11.1 Å². The van der Waals surface area contributed by atoms with Gasteiger partial charge in [-0.3, -0.25) is 14.2 Å². The molecule has 1 fully saturated rings. The summed E-state index contributed by atoms with van der Waals surface area (Å²) >= 11 is 0. The summed E-state index contributed by atoms with van der Waals surface area (Å²) in [6, 6.07) is 14.8. The van der Waals surface area contributed by atoms with Crippen LogP contribution in [0.4, 0.5) is 5.69 Å². The Morgan fingerprint density at radius 2 is 1.86 bits per heavy atom. The molecule has 1 N–H and O–H groups in total. The van der Waals surface area contributed by atoms with E-state index in [4.69, 9.17) is 4.42 Å². The molecule has 0 unspecified atom stereocenters. The summed E-state index contributed by atoms with van der Waals surface area (Å²) in [5, 5.41) is 2.86. The molecule has 0 atom stereocenters. The maximum Gasteiger partial charge on any atom is 0.419 e. The minimum atomic E-state index is -0.457. The number of nitrogens with one attached hydrogen (secondary N) is 1. The Morgan fingerprint density at radius 3 is 2.61 bits per heavy atom. The van der Waals surface area contributed by atoms with Crippen molar-refractivity contribution in [2.45, 2.75) is 32.4 Å². The fourth-order valence-corrected chi connectivity index (χ4v) is 3.44. The number of nitrogens with zero attached hydrogens (tertiary/aromatic N) is 2. The number of carbonyl (C=O) groups excluding carboxylic acids is 2. The zero-order valence-corrected chi connectivity index (χ0v) is 15.4. The molecule has 144 valence electrons. The molecule has 0 spiro atoms. The number of rotatable bonds is 6. The minimum Gasteiger partial charge on any atom is -0.408 e. The average Bonchev–Trinajstić information content (AvgIpc) is 3.27. The highest BCUT2D eigenvalue weighted by Crippen LogP contribution is 2.21. The van der Waals surface area contributed by atoms with Crippen LogP contribution < -0.4 is 16.0 Å². The highest BCUT2D eigenvalue weighted by atomic mass is 16.4. The number of fused-ring (bicyclic) bond motifs is 1. The van der Waals surface area contributed by atoms with Crippen molar-refractivity contribution < 1.29 is 14.0 Å². The maximum absolute atomic E-state index is 12.2. The van der Waals surface area contributed by atoms with Crippen molar-refractivity contribution in [2.24, 2.45) is 0 Å². The Morgan fingerprint density at radius 1 is 1.07 bits per heavy atom. The van der Waals surface area contributed by atoms with E-state index in [1.165, 1.54) is 4.57 Å². The van der Waals surface area contributed by atoms with Crippen LogP contribution in [0, 0.1) is 0 Å². The zero-order valence-electron chi connectivity index (χ0n) is 15.4. The van der Waals surface area contributed by atoms with Gasteiger partial charge in [-0.15, -0.1) is 0 Å². The van der Waals surface area contributed by atoms with Crippen molar-refractivity contribution in [3.63, 3.8) is 0 Å². The molecule has 1 saturated heterocycles. The lowest BCUT2D eigenvalue weighted by Crippen LogP contribution is -2.26. The number of hydrogen-bond acceptors (Lipinski definition) is 4. The SMILES string of the molecule is O=C(CCn1c(=O)oc2ccccc21)NCc1ccc(N2CCCC2=O)cc1. The topological polar surface area (TPSA) is 84.5 Å². The molecular formula is C21H21N3O4. The summed E-state index contributed by atoms with van der Waals surface area (Å²) in [7, 11) is 0. The van der Waals surface area contributed by atoms with Crippen LogP contribution in [0.1, 0.15) is 24.8 Å². The van der Waals surface area contributed by atoms with E-state index in [9.17, 15) is 14.4 Å². The van der Waals surface area contributed by atoms with E-state index in [2.05, 4.69) is 5.32 Å². The summed E-state index contributed by atoms with van der Waals surface area (Å²) in [5.41, 5.74) is 3.05. The fraction of sp³-hybridized carbons (Fsp3) is 0.286. The van der Waals surface area contributed by atoms with Gasteiger partial charge < -0.3 is 14.6 Å². The van der Waals surface area contributed by atoms with Gasteiger partial charge in [-0.25, -0.2) is 4.79 Å². The number of hydrogen-bond donors (Lipinski definition) is 1. The summed E-state index contributed by atoms with van der Waals surface area (Å²) < 4.78 is 6.64. The average molecular weight is 379 g/mol. The van der Waals surface area contributed by atoms with Crippen molar-refractivity contribution in [1.29, 1.82) is 0 Å². The molecule has 1 aliphatic heterocycles. The molecule has 0 bridgehead atoms. The molecule has 1 aromatic heterocycles. The highest BCUT2D eigenvalue weighted by Gasteiger charge is 2.21. The van der Waals surface area contributed by atoms with Gasteiger partial charge in [0, 0.05) is 38.2 Å². The van der Waals surface area contributed by atoms with Crippen LogP contribution in [0.15, 0.2) is 57.7 Å². The Hall–Kier alpha value is -3.35. The van der Waals surface area contributed by atoms with E-state index in [0.717, 1.165) is 24.2 Å². The van der Waals surface area contributed by atoms with Gasteiger partial charge in [-0.05, 0) is 36.2 Å². The van der Waals surface area contributed by atoms with E-state index in [0.29, 0.717) is 24.1 Å². The van der Waals surface area contributed by atoms with Crippen LogP contribution in [-0.2, 0) is 22.7 Å². The van der Waals surface area contributed by atoms with Gasteiger partial charge in [0.1, 0.15) is 0 Å². The number of para-hydroxylation sites is 2. The standard InChI is InChI=1S/C21H21N3O4/c25-19(11-13-24-17-4-1-2-5-18(17)28-21(24)27)22-14-15-7-9-16(10-8-15)23-12-3-6-20(23)26/h1-2,4-5,7-10H,3,6,11-14H2,(H,22,25). The highest BCUT2D eigenvalue weighted by molar-refractivity contribution is 5.95. The van der Waals surface area contributed by atoms with Crippen molar-refractivity contribution >= 4 is 28.6 Å². The van der Waals surface area contributed by atoms with Crippen LogP contribution >= 0.6 is 0 Å². The summed E-state index contributed by atoms with van der Waals surface area (Å²) in [5.74, 6) is -0.444. The Kier molecular flexibility index (Phi) is 4.97. The molecule has 2 amide bonds. The summed E-state index contributed by atoms with van der Waals surface area (Å²) in [4.78, 5) is 37.7. The van der Waals surface area contributed by atoms with Crippen molar-refractivity contribution in [3.8, 4) is 0 Å². The van der Waals surface area contributed by atoms with E-state index < -0.39 is 5.76 Å². The monoisotopic (exact) mass is 379 g/mol. The zero-order chi connectivity index (χ0) is 19.5. The molecular weight excluding hydrogens is 358 g/mol. The quantitative estimate of drug-likeness (QED) is 0.713. The molecule has 1 aliphatic rings. The third-order valence-electron chi connectivity index (χ3n) is 4.95. The second-order valence-corrected chi connectivity index (χ2v) is 6.83. The van der Waals surface area contributed by atoms with E-state index >= 15 is 0 Å². The van der Waals surface area contributed by atoms with Crippen molar-refractivity contribution in [1.82, 2.24) is 9.88 Å². The van der Waals surface area contributed by atoms with Gasteiger partial charge in [0.2, 0.25) is 11.8 Å². The van der Waals surface area contributed by atoms with E-state index in [-0.39, 0.29) is 24.8 Å². The molecule has 0 radical (unpaired) electrons. The fourth-order valence-electron chi connectivity index (χ4n) is 3.44. The number of carbonyl (C=O) groups is 2. The first-order chi connectivity index (χ1) is 13.6. The maximum atomic E-state index is 12.2. The minimum absolute atomic E-state index is 0.143. The van der Waals surface area contributed by atoms with Crippen molar-refractivity contribution in [2.75, 3.05) is 11.4 Å². The van der Waals surface area contributed by atoms with E-state index in [1.54, 1.807) is 23.1 Å². The Bertz CT molecular complexity index is 1070. The first kappa shape index (κ1) is 18.0. The smallest absolute Gasteiger partial charge is 0.408 e. The number of oxazole rings is 1. The Balaban J connectivity index is 1.31. The molecule has 4 rings (SSSR count). The molecule has 3 aromatic rings. The third kappa shape index (κ3) is 3.69. The normalized spacial score (nSPS) is 14.0. The number of benzene rings is 2. The van der Waals surface area contributed by atoms with Gasteiger partial charge in [0.25, 0.3) is 0 Å². The molecule has 0 saturated carbocycles. The van der Waals surface area contributed by atoms with Crippen LogP contribution in [0.5, 0.6) is 0 Å². The van der Waals surface area contributed by atoms with Crippen LogP contribution in [0.3, 0.4) is 0 Å². The van der Waals surface area contributed by atoms with Gasteiger partial charge in [-0.2, -0.15) is 0 Å².